The predicted molar refractivity (Wildman–Crippen MR) is 766 cm³/mol. The number of carbonyl (C=O) groups is 4. The van der Waals surface area contributed by atoms with Crippen molar-refractivity contribution < 1.29 is 47.6 Å². The quantitative estimate of drug-likeness (QED) is 0.0205. The van der Waals surface area contributed by atoms with Crippen LogP contribution in [-0.4, -0.2) is 402 Å². The van der Waals surface area contributed by atoms with E-state index in [2.05, 4.69) is 292 Å². The number of rotatable bonds is 116. The fraction of sp³-hybridized carbons (Fsp3) is 0.962. The number of ether oxygens (including phenoxy) is 6. The van der Waals surface area contributed by atoms with Crippen LogP contribution in [0.5, 0.6) is 0 Å². The van der Waals surface area contributed by atoms with Crippen LogP contribution in [0.15, 0.2) is 0 Å². The van der Waals surface area contributed by atoms with Crippen molar-refractivity contribution in [2.24, 2.45) is 21.7 Å². The summed E-state index contributed by atoms with van der Waals surface area (Å²) in [6.45, 7) is 32.1. The molecular formula is C106H216N4O10S30. The first-order valence-corrected chi connectivity index (χ1v) is 83.3. The van der Waals surface area contributed by atoms with E-state index in [1.54, 1.807) is 0 Å². The minimum absolute atomic E-state index is 0.194. The zero-order chi connectivity index (χ0) is 112. The van der Waals surface area contributed by atoms with Crippen LogP contribution in [0.2, 0.25) is 0 Å². The van der Waals surface area contributed by atoms with Crippen LogP contribution in [0.1, 0.15) is 223 Å². The first-order chi connectivity index (χ1) is 73.0. The Labute approximate surface area is 1070 Å². The second-order valence-corrected chi connectivity index (χ2v) is 65.4. The van der Waals surface area contributed by atoms with Crippen molar-refractivity contribution in [1.29, 1.82) is 0 Å². The van der Waals surface area contributed by atoms with Crippen LogP contribution in [0.25, 0.3) is 0 Å². The Hall–Kier alpha value is 8.14. The van der Waals surface area contributed by atoms with Crippen molar-refractivity contribution in [3.05, 3.63) is 0 Å². The molecule has 44 heteroatoms. The van der Waals surface area contributed by atoms with Gasteiger partial charge in [0.2, 0.25) is 23.6 Å². The largest absolute Gasteiger partial charge is 0.378 e. The first-order valence-electron chi connectivity index (χ1n) is 55.6. The van der Waals surface area contributed by atoms with Crippen molar-refractivity contribution in [3.63, 3.8) is 0 Å². The van der Waals surface area contributed by atoms with Gasteiger partial charge in [-0.1, -0.05) is 41.5 Å². The molecule has 0 fully saturated rings. The van der Waals surface area contributed by atoms with Gasteiger partial charge in [0.1, 0.15) is 0 Å². The maximum Gasteiger partial charge on any atom is 0.226 e. The van der Waals surface area contributed by atoms with Crippen molar-refractivity contribution >= 4 is 387 Å². The normalized spacial score (nSPS) is 13.4. The van der Waals surface area contributed by atoms with E-state index < -0.39 is 0 Å². The minimum atomic E-state index is -0.319. The van der Waals surface area contributed by atoms with E-state index in [1.807, 2.05) is 162 Å². The Balaban J connectivity index is -0.000000966. The Bertz CT molecular complexity index is 2460. The molecule has 0 rings (SSSR count). The number of carbonyl (C=O) groups excluding carboxylic acids is 4. The third kappa shape index (κ3) is 106. The lowest BCUT2D eigenvalue weighted by molar-refractivity contribution is -0.133. The highest BCUT2D eigenvalue weighted by molar-refractivity contribution is 8.07. The van der Waals surface area contributed by atoms with Gasteiger partial charge in [0.05, 0.1) is 79.3 Å². The van der Waals surface area contributed by atoms with Gasteiger partial charge in [-0.05, 0) is 285 Å². The second-order valence-electron chi connectivity index (χ2n) is 36.1. The van der Waals surface area contributed by atoms with Crippen LogP contribution >= 0.6 is 363 Å². The SMILES string of the molecule is CCNC(=O)C(CCCSC(C)C(C)S)(CCCSC(C)C(C)S)CCCSC(C)C(C)S.CCNC(=O)C(CCCSCCOCCOCCS)(CCCSCCOCCOCCS)CCCSCCOCCOCCS.CCNC(=O)C(CCCSCCS)(CCCSCCS)CCCSCCS.CCNC(=O)C(CCCSCCSCCSCCS)(CCCSCCSCCSCCS)CCCSCCSCCSCCS. The molecule has 0 saturated carbocycles. The van der Waals surface area contributed by atoms with Crippen molar-refractivity contribution in [2.75, 3.05) is 347 Å². The molecule has 6 unspecified atom stereocenters. The Morgan fingerprint density at radius 2 is 0.333 bits per heavy atom. The van der Waals surface area contributed by atoms with E-state index in [9.17, 15) is 19.2 Å². The van der Waals surface area contributed by atoms with E-state index in [1.165, 1.54) is 86.3 Å². The highest BCUT2D eigenvalue weighted by Crippen LogP contribution is 2.43. The molecule has 0 spiro atoms. The van der Waals surface area contributed by atoms with Gasteiger partial charge in [-0.3, -0.25) is 19.2 Å². The summed E-state index contributed by atoms with van der Waals surface area (Å²) < 4.78 is 33.2. The van der Waals surface area contributed by atoms with Gasteiger partial charge in [-0.15, -0.1) is 0 Å². The van der Waals surface area contributed by atoms with Crippen molar-refractivity contribution in [1.82, 2.24) is 21.3 Å². The molecule has 14 nitrogen and oxygen atoms in total. The third-order valence-electron chi connectivity index (χ3n) is 23.9. The fourth-order valence-corrected chi connectivity index (χ4v) is 35.2. The highest BCUT2D eigenvalue weighted by atomic mass is 32.2. The van der Waals surface area contributed by atoms with Crippen LogP contribution in [0.3, 0.4) is 0 Å². The maximum absolute atomic E-state index is 13.6. The molecule has 4 amide bonds. The molecule has 4 N–H and O–H groups in total. The predicted octanol–water partition coefficient (Wildman–Crippen LogP) is 28.6. The van der Waals surface area contributed by atoms with E-state index in [-0.39, 0.29) is 39.4 Å². The van der Waals surface area contributed by atoms with Gasteiger partial charge in [0.15, 0.2) is 0 Å². The molecule has 0 radical (unpaired) electrons. The smallest absolute Gasteiger partial charge is 0.226 e. The summed E-state index contributed by atoms with van der Waals surface area (Å²) in [5.41, 5.74) is -0.964. The lowest BCUT2D eigenvalue weighted by Crippen LogP contribution is -2.41. The molecule has 0 aliphatic carbocycles. The summed E-state index contributed by atoms with van der Waals surface area (Å²) in [4.78, 5) is 53.7. The number of thioether (sulfide) groups is 18. The summed E-state index contributed by atoms with van der Waals surface area (Å²) in [5, 5.41) is 15.6. The third-order valence-corrected chi connectivity index (χ3v) is 50.9. The fourth-order valence-electron chi connectivity index (χ4n) is 15.5. The van der Waals surface area contributed by atoms with Gasteiger partial charge < -0.3 is 49.7 Å². The monoisotopic (exact) mass is 2660 g/mol. The number of hydrogen-bond acceptors (Lipinski definition) is 40. The van der Waals surface area contributed by atoms with Crippen molar-refractivity contribution in [3.8, 4) is 0 Å². The molecule has 150 heavy (non-hydrogen) atoms. The molecule has 0 bridgehead atoms. The second kappa shape index (κ2) is 129. The van der Waals surface area contributed by atoms with Gasteiger partial charge in [-0.25, -0.2) is 0 Å². The van der Waals surface area contributed by atoms with Gasteiger partial charge in [-0.2, -0.15) is 363 Å². The topological polar surface area (TPSA) is 172 Å². The molecule has 0 aliphatic rings. The molecule has 0 aromatic carbocycles. The first kappa shape index (κ1) is 164. The molecule has 0 aromatic rings. The molecule has 0 aliphatic heterocycles. The Kier molecular flexibility index (Phi) is 142. The van der Waals surface area contributed by atoms with E-state index in [0.717, 1.165) is 342 Å². The molecule has 0 aromatic heterocycles. The summed E-state index contributed by atoms with van der Waals surface area (Å²) in [5.74, 6) is 46.8. The van der Waals surface area contributed by atoms with Gasteiger partial charge >= 0.3 is 0 Å². The summed E-state index contributed by atoms with van der Waals surface area (Å²) in [6.07, 6.45) is 24.9. The summed E-state index contributed by atoms with van der Waals surface area (Å²) in [7, 11) is 0. The van der Waals surface area contributed by atoms with Crippen molar-refractivity contribution in [2.45, 2.75) is 255 Å². The summed E-state index contributed by atoms with van der Waals surface area (Å²) in [6, 6.07) is 0. The molecular weight excluding hydrogens is 2450 g/mol. The lowest BCUT2D eigenvalue weighted by atomic mass is 9.74. The van der Waals surface area contributed by atoms with E-state index in [0.29, 0.717) is 110 Å². The highest BCUT2D eigenvalue weighted by Gasteiger charge is 2.41. The Morgan fingerprint density at radius 3 is 0.487 bits per heavy atom. The number of thiol groups is 12. The zero-order valence-electron chi connectivity index (χ0n) is 94.2. The standard InChI is InChI=1S/C31H63NO7S6.C31H63NOS12.C25H51NOS6.C19H39NOS6/c1-2-32-30(33)31(6-3-24-43-27-18-37-12-9-34-15-21-40,7-4-25-44-28-19-38-13-10-35-16-22-41)8-5-26-45-29-20-39-14-11-36-17-23-42;1-2-32-30(33)31(6-3-12-37-18-24-43-27-21-40-15-9-34,7-4-13-38-19-25-44-28-22-41-16-10-35)8-5-14-39-20-26-45-29-23-42-17-11-36;1-8-26-24(27)25(12-9-15-31-21(5)18(2)28,13-10-16-32-22(6)19(3)29)14-11-17-33-23(7)20(4)30;1-2-20-18(21)19(6-3-12-25-15-9-22,7-4-13-26-16-10-23)8-5-14-27-17-11-24/h40-42H,2-29H2,1H3,(H,32,33);34-36H,2-29H2,1H3,(H,32,33);18-23,28-30H,8-17H2,1-7H3,(H,26,27);22-24H,2-17H2,1H3,(H,20,21). The van der Waals surface area contributed by atoms with Gasteiger partial charge in [0, 0.05) is 217 Å². The average molecular weight is 2670 g/mol. The van der Waals surface area contributed by atoms with E-state index in [4.69, 9.17) is 28.4 Å². The van der Waals surface area contributed by atoms with Crippen LogP contribution in [0, 0.1) is 21.7 Å². The van der Waals surface area contributed by atoms with Gasteiger partial charge in [0.25, 0.3) is 0 Å². The summed E-state index contributed by atoms with van der Waals surface area (Å²) >= 11 is 88.0. The number of amides is 4. The average Bonchev–Trinajstić information content (AvgIpc) is 0.848. The minimum Gasteiger partial charge on any atom is -0.378 e. The lowest BCUT2D eigenvalue weighted by Gasteiger charge is -2.33. The van der Waals surface area contributed by atoms with Crippen LogP contribution in [0.4, 0.5) is 0 Å². The molecule has 900 valence electrons. The van der Waals surface area contributed by atoms with Crippen LogP contribution in [-0.2, 0) is 47.6 Å². The zero-order valence-corrected chi connectivity index (χ0v) is 120. The maximum atomic E-state index is 13.6. The molecule has 0 saturated heterocycles. The number of hydrogen-bond donors (Lipinski definition) is 16. The molecule has 0 heterocycles. The number of nitrogens with one attached hydrogen (secondary N) is 4. The Morgan fingerprint density at radius 1 is 0.193 bits per heavy atom. The molecule has 6 atom stereocenters. The van der Waals surface area contributed by atoms with Crippen LogP contribution < -0.4 is 21.3 Å². The van der Waals surface area contributed by atoms with E-state index >= 15 is 0 Å².